The average Bonchev–Trinajstić information content (AvgIpc) is 2.28. The van der Waals surface area contributed by atoms with Crippen LogP contribution in [0.2, 0.25) is 0 Å². The summed E-state index contributed by atoms with van der Waals surface area (Å²) in [7, 11) is 1.50. The van der Waals surface area contributed by atoms with Crippen LogP contribution in [0.5, 0.6) is 5.75 Å². The maximum absolute atomic E-state index is 11.5. The van der Waals surface area contributed by atoms with E-state index in [4.69, 9.17) is 10.5 Å². The van der Waals surface area contributed by atoms with Gasteiger partial charge in [-0.2, -0.15) is 0 Å². The molecule has 0 fully saturated rings. The molecule has 0 unspecified atom stereocenters. The van der Waals surface area contributed by atoms with Gasteiger partial charge in [-0.1, -0.05) is 0 Å². The summed E-state index contributed by atoms with van der Waals surface area (Å²) in [6, 6.07) is 4.09. The Morgan fingerprint density at radius 1 is 1.12 bits per heavy atom. The number of urea groups is 2. The molecule has 1 aromatic carbocycles. The Morgan fingerprint density at radius 3 is 2.18 bits per heavy atom. The summed E-state index contributed by atoms with van der Waals surface area (Å²) in [6.45, 7) is 0. The van der Waals surface area contributed by atoms with E-state index in [1.54, 1.807) is 17.4 Å². The van der Waals surface area contributed by atoms with Gasteiger partial charge in [0, 0.05) is 5.56 Å². The fourth-order valence-electron chi connectivity index (χ4n) is 1.06. The van der Waals surface area contributed by atoms with Gasteiger partial charge in [0.1, 0.15) is 5.75 Å². The summed E-state index contributed by atoms with van der Waals surface area (Å²) in [4.78, 5) is 32.8. The van der Waals surface area contributed by atoms with E-state index >= 15 is 0 Å². The number of hydrogen-bond acceptors (Lipinski definition) is 4. The fourth-order valence-corrected chi connectivity index (χ4v) is 1.06. The molecule has 0 aliphatic carbocycles. The van der Waals surface area contributed by atoms with Crippen molar-refractivity contribution in [1.82, 2.24) is 10.6 Å². The summed E-state index contributed by atoms with van der Waals surface area (Å²) in [5, 5.41) is 3.64. The number of nitrogens with one attached hydrogen (secondary N) is 2. The van der Waals surface area contributed by atoms with E-state index in [9.17, 15) is 14.4 Å². The molecule has 7 heteroatoms. The van der Waals surface area contributed by atoms with Gasteiger partial charge in [-0.3, -0.25) is 15.4 Å². The number of carbonyl (C=O) groups is 3. The van der Waals surface area contributed by atoms with Gasteiger partial charge < -0.3 is 10.5 Å². The molecule has 5 amide bonds. The molecular weight excluding hydrogens is 226 g/mol. The van der Waals surface area contributed by atoms with Crippen molar-refractivity contribution in [1.29, 1.82) is 0 Å². The third-order valence-electron chi connectivity index (χ3n) is 1.82. The van der Waals surface area contributed by atoms with E-state index < -0.39 is 18.0 Å². The lowest BCUT2D eigenvalue weighted by molar-refractivity contribution is 0.0965. The molecule has 0 spiro atoms. The maximum atomic E-state index is 11.5. The van der Waals surface area contributed by atoms with Crippen LogP contribution in [-0.4, -0.2) is 25.1 Å². The van der Waals surface area contributed by atoms with Crippen molar-refractivity contribution in [2.24, 2.45) is 5.73 Å². The number of ether oxygens (including phenoxy) is 1. The van der Waals surface area contributed by atoms with Crippen molar-refractivity contribution in [2.45, 2.75) is 0 Å². The first-order chi connectivity index (χ1) is 8.02. The van der Waals surface area contributed by atoms with Crippen LogP contribution in [0, 0.1) is 0 Å². The van der Waals surface area contributed by atoms with Crippen LogP contribution < -0.4 is 21.1 Å². The number of amides is 5. The zero-order chi connectivity index (χ0) is 12.8. The highest BCUT2D eigenvalue weighted by atomic mass is 16.5. The monoisotopic (exact) mass is 237 g/mol. The number of carbonyl (C=O) groups excluding carboxylic acids is 3. The molecule has 1 aromatic rings. The minimum atomic E-state index is -1.04. The molecule has 0 radical (unpaired) electrons. The molecule has 0 atom stereocenters. The Hall–Kier alpha value is -2.57. The normalized spacial score (nSPS) is 9.24. The number of nitrogens with two attached hydrogens (primary N) is 1. The molecule has 0 saturated carbocycles. The fraction of sp³-hybridized carbons (Fsp3) is 0.100. The molecule has 4 N–H and O–H groups in total. The summed E-state index contributed by atoms with van der Waals surface area (Å²) in [5.74, 6) is -0.0606. The minimum absolute atomic E-state index is 0.255. The van der Waals surface area contributed by atoms with Crippen molar-refractivity contribution < 1.29 is 19.1 Å². The summed E-state index contributed by atoms with van der Waals surface area (Å²) < 4.78 is 4.91. The molecular formula is C10H11N3O4. The van der Waals surface area contributed by atoms with Gasteiger partial charge in [0.05, 0.1) is 7.11 Å². The zero-order valence-electron chi connectivity index (χ0n) is 9.02. The van der Waals surface area contributed by atoms with Crippen LogP contribution in [0.4, 0.5) is 9.59 Å². The Kier molecular flexibility index (Phi) is 4.04. The first-order valence-corrected chi connectivity index (χ1v) is 4.58. The van der Waals surface area contributed by atoms with Gasteiger partial charge in [-0.25, -0.2) is 9.59 Å². The van der Waals surface area contributed by atoms with Crippen LogP contribution in [-0.2, 0) is 0 Å². The molecule has 1 rings (SSSR count). The Balaban J connectivity index is 2.63. The van der Waals surface area contributed by atoms with Gasteiger partial charge in [-0.05, 0) is 24.3 Å². The van der Waals surface area contributed by atoms with Crippen LogP contribution >= 0.6 is 0 Å². The number of benzene rings is 1. The SMILES string of the molecule is COc1ccc(C(=O)NC(=O)NC(N)=O)cc1. The molecule has 90 valence electrons. The standard InChI is InChI=1S/C10H11N3O4/c1-17-7-4-2-6(3-5-7)8(14)12-10(16)13-9(11)15/h2-5H,1H3,(H4,11,12,13,14,15,16). The lowest BCUT2D eigenvalue weighted by Gasteiger charge is -2.04. The largest absolute Gasteiger partial charge is 0.497 e. The lowest BCUT2D eigenvalue weighted by Crippen LogP contribution is -2.44. The highest BCUT2D eigenvalue weighted by Crippen LogP contribution is 2.10. The van der Waals surface area contributed by atoms with E-state index in [1.165, 1.54) is 19.2 Å². The quantitative estimate of drug-likeness (QED) is 0.682. The highest BCUT2D eigenvalue weighted by molar-refractivity contribution is 6.07. The molecule has 7 nitrogen and oxygen atoms in total. The number of primary amides is 1. The number of hydrogen-bond donors (Lipinski definition) is 3. The molecule has 0 aliphatic rings. The lowest BCUT2D eigenvalue weighted by atomic mass is 10.2. The average molecular weight is 237 g/mol. The van der Waals surface area contributed by atoms with Gasteiger partial charge >= 0.3 is 12.1 Å². The number of imide groups is 2. The van der Waals surface area contributed by atoms with E-state index in [0.29, 0.717) is 5.75 Å². The van der Waals surface area contributed by atoms with Gasteiger partial charge in [0.15, 0.2) is 0 Å². The molecule has 0 aromatic heterocycles. The summed E-state index contributed by atoms with van der Waals surface area (Å²) in [5.41, 5.74) is 4.96. The zero-order valence-corrected chi connectivity index (χ0v) is 9.02. The first-order valence-electron chi connectivity index (χ1n) is 4.58. The van der Waals surface area contributed by atoms with Crippen LogP contribution in [0.25, 0.3) is 0 Å². The third-order valence-corrected chi connectivity index (χ3v) is 1.82. The van der Waals surface area contributed by atoms with Gasteiger partial charge in [0.25, 0.3) is 5.91 Å². The van der Waals surface area contributed by atoms with Crippen molar-refractivity contribution >= 4 is 18.0 Å². The van der Waals surface area contributed by atoms with Crippen molar-refractivity contribution in [2.75, 3.05) is 7.11 Å². The van der Waals surface area contributed by atoms with Crippen LogP contribution in [0.15, 0.2) is 24.3 Å². The maximum Gasteiger partial charge on any atom is 0.329 e. The highest BCUT2D eigenvalue weighted by Gasteiger charge is 2.11. The minimum Gasteiger partial charge on any atom is -0.497 e. The topological polar surface area (TPSA) is 111 Å². The van der Waals surface area contributed by atoms with Crippen molar-refractivity contribution in [3.63, 3.8) is 0 Å². The van der Waals surface area contributed by atoms with Crippen LogP contribution in [0.1, 0.15) is 10.4 Å². The van der Waals surface area contributed by atoms with Crippen LogP contribution in [0.3, 0.4) is 0 Å². The molecule has 0 saturated heterocycles. The van der Waals surface area contributed by atoms with E-state index in [2.05, 4.69) is 0 Å². The Labute approximate surface area is 96.9 Å². The Morgan fingerprint density at radius 2 is 1.71 bits per heavy atom. The smallest absolute Gasteiger partial charge is 0.329 e. The van der Waals surface area contributed by atoms with Crippen molar-refractivity contribution in [3.05, 3.63) is 29.8 Å². The predicted molar refractivity (Wildman–Crippen MR) is 58.6 cm³/mol. The van der Waals surface area contributed by atoms with Crippen molar-refractivity contribution in [3.8, 4) is 5.75 Å². The second-order valence-corrected chi connectivity index (χ2v) is 3.00. The van der Waals surface area contributed by atoms with Gasteiger partial charge in [0.2, 0.25) is 0 Å². The second-order valence-electron chi connectivity index (χ2n) is 3.00. The number of rotatable bonds is 2. The third kappa shape index (κ3) is 3.82. The van der Waals surface area contributed by atoms with E-state index in [0.717, 1.165) is 0 Å². The molecule has 0 aliphatic heterocycles. The first kappa shape index (κ1) is 12.5. The molecule has 0 bridgehead atoms. The van der Waals surface area contributed by atoms with E-state index in [1.807, 2.05) is 5.32 Å². The molecule has 17 heavy (non-hydrogen) atoms. The Bertz CT molecular complexity index is 441. The van der Waals surface area contributed by atoms with Gasteiger partial charge in [-0.15, -0.1) is 0 Å². The predicted octanol–water partition coefficient (Wildman–Crippen LogP) is 0.213. The summed E-state index contributed by atoms with van der Waals surface area (Å²) >= 11 is 0. The second kappa shape index (κ2) is 5.50. The number of methoxy groups -OCH3 is 1. The summed E-state index contributed by atoms with van der Waals surface area (Å²) in [6.07, 6.45) is 0. The molecule has 0 heterocycles. The van der Waals surface area contributed by atoms with E-state index in [-0.39, 0.29) is 5.56 Å².